The summed E-state index contributed by atoms with van der Waals surface area (Å²) in [5.74, 6) is -3.84. The zero-order valence-electron chi connectivity index (χ0n) is 17.9. The Bertz CT molecular complexity index is 1510. The molecule has 1 aliphatic heterocycles. The highest BCUT2D eigenvalue weighted by atomic mass is 19.4. The summed E-state index contributed by atoms with van der Waals surface area (Å²) in [7, 11) is 1.23. The molecule has 0 spiro atoms. The van der Waals surface area contributed by atoms with Crippen molar-refractivity contribution in [2.75, 3.05) is 4.90 Å². The van der Waals surface area contributed by atoms with Crippen molar-refractivity contribution in [3.05, 3.63) is 70.7 Å². The van der Waals surface area contributed by atoms with E-state index in [4.69, 9.17) is 4.42 Å². The maximum absolute atomic E-state index is 14.9. The number of carbonyl (C=O) groups is 1. The van der Waals surface area contributed by atoms with Gasteiger partial charge in [0.2, 0.25) is 5.89 Å². The summed E-state index contributed by atoms with van der Waals surface area (Å²) in [5.41, 5.74) is -1.76. The fourth-order valence-electron chi connectivity index (χ4n) is 3.93. The molecule has 0 bridgehead atoms. The molecule has 0 unspecified atom stereocenters. The predicted molar refractivity (Wildman–Crippen MR) is 109 cm³/mol. The van der Waals surface area contributed by atoms with E-state index in [1.165, 1.54) is 19.2 Å². The quantitative estimate of drug-likeness (QED) is 0.337. The predicted octanol–water partition coefficient (Wildman–Crippen LogP) is 5.53. The largest absolute Gasteiger partial charge is 0.435 e. The number of alkyl halides is 5. The highest BCUT2D eigenvalue weighted by Gasteiger charge is 2.37. The molecule has 1 amide bonds. The Hall–Kier alpha value is -4.23. The number of aryl methyl sites for hydroxylation is 1. The van der Waals surface area contributed by atoms with E-state index in [9.17, 15) is 35.5 Å². The summed E-state index contributed by atoms with van der Waals surface area (Å²) in [4.78, 5) is 14.3. The molecule has 0 saturated carbocycles. The van der Waals surface area contributed by atoms with E-state index < -0.39 is 47.6 Å². The first-order valence-corrected chi connectivity index (χ1v) is 10.1. The number of fused-ring (bicyclic) bond motifs is 1. The van der Waals surface area contributed by atoms with Gasteiger partial charge in [0, 0.05) is 29.3 Å². The molecule has 0 aliphatic carbocycles. The van der Waals surface area contributed by atoms with Gasteiger partial charge in [-0.3, -0.25) is 9.48 Å². The summed E-state index contributed by atoms with van der Waals surface area (Å²) in [6.07, 6.45) is -7.81. The number of aromatic nitrogens is 4. The molecule has 36 heavy (non-hydrogen) atoms. The van der Waals surface area contributed by atoms with Gasteiger partial charge in [-0.2, -0.15) is 27.1 Å². The molecule has 1 aliphatic rings. The molecular formula is C22H12F7N5O2. The van der Waals surface area contributed by atoms with Gasteiger partial charge in [0.1, 0.15) is 11.6 Å². The zero-order valence-corrected chi connectivity index (χ0v) is 17.9. The van der Waals surface area contributed by atoms with Crippen LogP contribution in [0.25, 0.3) is 22.7 Å². The molecule has 0 atom stereocenters. The van der Waals surface area contributed by atoms with Gasteiger partial charge in [0.25, 0.3) is 11.8 Å². The van der Waals surface area contributed by atoms with E-state index >= 15 is 0 Å². The summed E-state index contributed by atoms with van der Waals surface area (Å²) in [6.45, 7) is -0.324. The third kappa shape index (κ3) is 3.87. The van der Waals surface area contributed by atoms with E-state index in [1.807, 2.05) is 0 Å². The molecule has 186 valence electrons. The van der Waals surface area contributed by atoms with Gasteiger partial charge in [-0.05, 0) is 36.4 Å². The summed E-state index contributed by atoms with van der Waals surface area (Å²) < 4.78 is 99.8. The number of anilines is 1. The van der Waals surface area contributed by atoms with Crippen LogP contribution in [0.15, 0.2) is 40.8 Å². The lowest BCUT2D eigenvalue weighted by Crippen LogP contribution is -2.24. The van der Waals surface area contributed by atoms with Crippen LogP contribution in [0.2, 0.25) is 0 Å². The Balaban J connectivity index is 1.57. The van der Waals surface area contributed by atoms with Gasteiger partial charge in [0.15, 0.2) is 5.69 Å². The van der Waals surface area contributed by atoms with E-state index in [2.05, 4.69) is 15.3 Å². The van der Waals surface area contributed by atoms with Crippen molar-refractivity contribution in [3.63, 3.8) is 0 Å². The first kappa shape index (κ1) is 23.5. The second kappa shape index (κ2) is 8.17. The van der Waals surface area contributed by atoms with Crippen molar-refractivity contribution in [2.45, 2.75) is 19.1 Å². The second-order valence-corrected chi connectivity index (χ2v) is 7.82. The third-order valence-corrected chi connectivity index (χ3v) is 5.56. The van der Waals surface area contributed by atoms with Crippen LogP contribution in [0.3, 0.4) is 0 Å². The molecule has 0 N–H and O–H groups in total. The van der Waals surface area contributed by atoms with Crippen LogP contribution >= 0.6 is 0 Å². The Morgan fingerprint density at radius 1 is 1.03 bits per heavy atom. The Morgan fingerprint density at radius 2 is 1.78 bits per heavy atom. The molecule has 7 nitrogen and oxygen atoms in total. The first-order chi connectivity index (χ1) is 16.9. The highest BCUT2D eigenvalue weighted by Crippen LogP contribution is 2.40. The molecule has 3 heterocycles. The smallest absolute Gasteiger partial charge is 0.415 e. The average Bonchev–Trinajstić information content (AvgIpc) is 3.52. The van der Waals surface area contributed by atoms with E-state index in [-0.39, 0.29) is 40.2 Å². The van der Waals surface area contributed by atoms with Crippen LogP contribution in [-0.2, 0) is 19.8 Å². The van der Waals surface area contributed by atoms with Crippen LogP contribution in [0.5, 0.6) is 0 Å². The lowest BCUT2D eigenvalue weighted by Gasteiger charge is -2.20. The van der Waals surface area contributed by atoms with Crippen molar-refractivity contribution in [3.8, 4) is 22.7 Å². The number of amides is 1. The highest BCUT2D eigenvalue weighted by molar-refractivity contribution is 6.12. The Labute approximate surface area is 196 Å². The molecule has 0 radical (unpaired) electrons. The van der Waals surface area contributed by atoms with Crippen LogP contribution < -0.4 is 4.90 Å². The lowest BCUT2D eigenvalue weighted by atomic mass is 10.1. The van der Waals surface area contributed by atoms with E-state index in [1.54, 1.807) is 0 Å². The monoisotopic (exact) mass is 511 g/mol. The number of carbonyl (C=O) groups excluding carboxylic acids is 1. The third-order valence-electron chi connectivity index (χ3n) is 5.56. The zero-order chi connectivity index (χ0) is 25.9. The second-order valence-electron chi connectivity index (χ2n) is 7.82. The number of nitrogens with zero attached hydrogens (tertiary/aromatic N) is 5. The maximum Gasteiger partial charge on any atom is 0.435 e. The number of hydrogen-bond acceptors (Lipinski definition) is 5. The molecule has 0 saturated heterocycles. The number of hydrogen-bond donors (Lipinski definition) is 0. The van der Waals surface area contributed by atoms with Crippen molar-refractivity contribution in [2.24, 2.45) is 7.05 Å². The summed E-state index contributed by atoms with van der Waals surface area (Å²) in [6, 6.07) is 5.94. The normalized spacial score (nSPS) is 13.7. The molecule has 14 heteroatoms. The van der Waals surface area contributed by atoms with Crippen LogP contribution in [0.1, 0.15) is 33.9 Å². The van der Waals surface area contributed by atoms with Crippen LogP contribution in [-0.4, -0.2) is 25.9 Å². The standard InChI is InChI=1S/C22H12F7N5O2/c1-33-16(7-17(32-33)22(27,28)29)12-6-10(23)2-3-15(12)34-8-13-11(21(34)35)4-9(5-14(13)24)19-30-31-20(36-19)18(25)26/h2-7,18H,8H2,1H3. The van der Waals surface area contributed by atoms with Gasteiger partial charge in [-0.1, -0.05) is 0 Å². The fourth-order valence-corrected chi connectivity index (χ4v) is 3.93. The average molecular weight is 511 g/mol. The number of benzene rings is 2. The maximum atomic E-state index is 14.9. The van der Waals surface area contributed by atoms with Crippen molar-refractivity contribution in [1.29, 1.82) is 0 Å². The van der Waals surface area contributed by atoms with Gasteiger partial charge >= 0.3 is 12.6 Å². The van der Waals surface area contributed by atoms with E-state index in [0.29, 0.717) is 6.07 Å². The van der Waals surface area contributed by atoms with Crippen molar-refractivity contribution >= 4 is 11.6 Å². The van der Waals surface area contributed by atoms with Gasteiger partial charge in [-0.15, -0.1) is 10.2 Å². The topological polar surface area (TPSA) is 77.1 Å². The van der Waals surface area contributed by atoms with Crippen molar-refractivity contribution in [1.82, 2.24) is 20.0 Å². The Morgan fingerprint density at radius 3 is 2.42 bits per heavy atom. The minimum atomic E-state index is -4.76. The fraction of sp³-hybridized carbons (Fsp3) is 0.182. The van der Waals surface area contributed by atoms with Gasteiger partial charge < -0.3 is 9.32 Å². The number of halogens is 7. The summed E-state index contributed by atoms with van der Waals surface area (Å²) >= 11 is 0. The molecular weight excluding hydrogens is 499 g/mol. The van der Waals surface area contributed by atoms with Gasteiger partial charge in [-0.25, -0.2) is 8.78 Å². The van der Waals surface area contributed by atoms with E-state index in [0.717, 1.165) is 27.8 Å². The molecule has 4 aromatic rings. The molecule has 0 fully saturated rings. The lowest BCUT2D eigenvalue weighted by molar-refractivity contribution is -0.141. The minimum Gasteiger partial charge on any atom is -0.415 e. The SMILES string of the molecule is Cn1nc(C(F)(F)F)cc1-c1cc(F)ccc1N1Cc2c(F)cc(-c3nnc(C(F)F)o3)cc2C1=O. The molecule has 5 rings (SSSR count). The number of rotatable bonds is 4. The first-order valence-electron chi connectivity index (χ1n) is 10.1. The molecule has 2 aromatic heterocycles. The van der Waals surface area contributed by atoms with Crippen LogP contribution in [0, 0.1) is 11.6 Å². The van der Waals surface area contributed by atoms with Crippen molar-refractivity contribution < 1.29 is 39.9 Å². The Kier molecular flexibility index (Phi) is 5.34. The minimum absolute atomic E-state index is 0.00745. The molecule has 2 aromatic carbocycles. The van der Waals surface area contributed by atoms with Crippen LogP contribution in [0.4, 0.5) is 36.4 Å². The van der Waals surface area contributed by atoms with Gasteiger partial charge in [0.05, 0.1) is 17.9 Å². The summed E-state index contributed by atoms with van der Waals surface area (Å²) in [5, 5.41) is 10.0.